The van der Waals surface area contributed by atoms with Gasteiger partial charge in [0.25, 0.3) is 0 Å². The number of hydrogen-bond acceptors (Lipinski definition) is 4. The van der Waals surface area contributed by atoms with Crippen molar-refractivity contribution in [3.63, 3.8) is 0 Å². The van der Waals surface area contributed by atoms with Gasteiger partial charge in [0.2, 0.25) is 0 Å². The third kappa shape index (κ3) is 3.35. The van der Waals surface area contributed by atoms with Gasteiger partial charge in [-0.25, -0.2) is 0 Å². The second kappa shape index (κ2) is 5.92. The van der Waals surface area contributed by atoms with Gasteiger partial charge in [-0.2, -0.15) is 0 Å². The summed E-state index contributed by atoms with van der Waals surface area (Å²) in [5.74, 6) is 0.539. The summed E-state index contributed by atoms with van der Waals surface area (Å²) in [6, 6.07) is 5.18. The normalized spacial score (nSPS) is 12.5. The van der Waals surface area contributed by atoms with Crippen LogP contribution in [0.3, 0.4) is 0 Å². The standard InChI is InChI=1S/C10H14ClNO3/c11-9-2-1-3-10(8(9)4-12)15-6-7(14)5-13/h1-3,7,13-14H,4-6,12H2. The molecule has 1 rings (SSSR count). The van der Waals surface area contributed by atoms with E-state index >= 15 is 0 Å². The molecule has 84 valence electrons. The van der Waals surface area contributed by atoms with Crippen LogP contribution >= 0.6 is 11.6 Å². The fourth-order valence-corrected chi connectivity index (χ4v) is 1.35. The number of hydrogen-bond donors (Lipinski definition) is 3. The SMILES string of the molecule is NCc1c(Cl)cccc1OCC(O)CO. The van der Waals surface area contributed by atoms with Crippen LogP contribution in [0, 0.1) is 0 Å². The number of nitrogens with two attached hydrogens (primary N) is 1. The van der Waals surface area contributed by atoms with Crippen LogP contribution in [0.4, 0.5) is 0 Å². The zero-order valence-electron chi connectivity index (χ0n) is 8.19. The Labute approximate surface area is 93.2 Å². The van der Waals surface area contributed by atoms with Crippen LogP contribution in [-0.4, -0.2) is 29.5 Å². The van der Waals surface area contributed by atoms with E-state index in [2.05, 4.69) is 0 Å². The largest absolute Gasteiger partial charge is 0.490 e. The highest BCUT2D eigenvalue weighted by atomic mass is 35.5. The summed E-state index contributed by atoms with van der Waals surface area (Å²) in [7, 11) is 0. The Morgan fingerprint density at radius 1 is 1.47 bits per heavy atom. The molecule has 0 fully saturated rings. The second-order valence-electron chi connectivity index (χ2n) is 3.07. The molecule has 0 aliphatic heterocycles. The monoisotopic (exact) mass is 231 g/mol. The lowest BCUT2D eigenvalue weighted by atomic mass is 10.2. The molecular formula is C10H14ClNO3. The highest BCUT2D eigenvalue weighted by molar-refractivity contribution is 6.31. The Balaban J connectivity index is 2.72. The van der Waals surface area contributed by atoms with E-state index in [0.29, 0.717) is 16.3 Å². The van der Waals surface area contributed by atoms with Crippen LogP contribution in [0.1, 0.15) is 5.56 Å². The fraction of sp³-hybridized carbons (Fsp3) is 0.400. The van der Waals surface area contributed by atoms with Crippen LogP contribution in [0.2, 0.25) is 5.02 Å². The van der Waals surface area contributed by atoms with Crippen LogP contribution in [-0.2, 0) is 6.54 Å². The Kier molecular flexibility index (Phi) is 4.84. The summed E-state index contributed by atoms with van der Waals surface area (Å²) in [5, 5.41) is 18.3. The van der Waals surface area contributed by atoms with E-state index in [9.17, 15) is 0 Å². The van der Waals surface area contributed by atoms with Crippen molar-refractivity contribution < 1.29 is 14.9 Å². The third-order valence-electron chi connectivity index (χ3n) is 1.92. The average molecular weight is 232 g/mol. The highest BCUT2D eigenvalue weighted by Gasteiger charge is 2.08. The number of rotatable bonds is 5. The summed E-state index contributed by atoms with van der Waals surface area (Å²) in [6.45, 7) is -0.0490. The molecule has 1 atom stereocenters. The summed E-state index contributed by atoms with van der Waals surface area (Å²) in [5.41, 5.74) is 6.21. The van der Waals surface area contributed by atoms with E-state index in [1.54, 1.807) is 18.2 Å². The lowest BCUT2D eigenvalue weighted by Crippen LogP contribution is -2.21. The molecule has 1 unspecified atom stereocenters. The minimum atomic E-state index is -0.894. The minimum Gasteiger partial charge on any atom is -0.490 e. The Morgan fingerprint density at radius 3 is 2.80 bits per heavy atom. The zero-order valence-corrected chi connectivity index (χ0v) is 8.94. The minimum absolute atomic E-state index is 0.0177. The van der Waals surface area contributed by atoms with Gasteiger partial charge in [0, 0.05) is 17.1 Å². The van der Waals surface area contributed by atoms with Gasteiger partial charge < -0.3 is 20.7 Å². The molecule has 0 saturated heterocycles. The fourth-order valence-electron chi connectivity index (χ4n) is 1.11. The zero-order chi connectivity index (χ0) is 11.3. The Hall–Kier alpha value is -0.810. The molecule has 0 aliphatic carbocycles. The molecule has 4 N–H and O–H groups in total. The average Bonchev–Trinajstić information content (AvgIpc) is 2.25. The van der Waals surface area contributed by atoms with Gasteiger partial charge in [-0.1, -0.05) is 17.7 Å². The van der Waals surface area contributed by atoms with Crippen molar-refractivity contribution in [2.24, 2.45) is 5.73 Å². The topological polar surface area (TPSA) is 75.7 Å². The Bertz CT molecular complexity index is 320. The van der Waals surface area contributed by atoms with Crippen molar-refractivity contribution in [3.8, 4) is 5.75 Å². The molecule has 15 heavy (non-hydrogen) atoms. The van der Waals surface area contributed by atoms with Crippen molar-refractivity contribution in [2.45, 2.75) is 12.6 Å². The predicted molar refractivity (Wildman–Crippen MR) is 57.9 cm³/mol. The van der Waals surface area contributed by atoms with E-state index in [-0.39, 0.29) is 19.8 Å². The molecule has 0 heterocycles. The number of halogens is 1. The van der Waals surface area contributed by atoms with E-state index in [0.717, 1.165) is 0 Å². The molecule has 0 amide bonds. The molecule has 0 spiro atoms. The van der Waals surface area contributed by atoms with Crippen molar-refractivity contribution in [3.05, 3.63) is 28.8 Å². The molecule has 0 radical (unpaired) electrons. The van der Waals surface area contributed by atoms with Gasteiger partial charge in [0.15, 0.2) is 0 Å². The molecule has 1 aromatic rings. The summed E-state index contributed by atoms with van der Waals surface area (Å²) in [6.07, 6.45) is -0.894. The van der Waals surface area contributed by atoms with Gasteiger partial charge in [-0.05, 0) is 12.1 Å². The third-order valence-corrected chi connectivity index (χ3v) is 2.28. The summed E-state index contributed by atoms with van der Waals surface area (Å²) >= 11 is 5.91. The molecule has 1 aromatic carbocycles. The maximum absolute atomic E-state index is 9.11. The van der Waals surface area contributed by atoms with Crippen molar-refractivity contribution >= 4 is 11.6 Å². The van der Waals surface area contributed by atoms with Crippen molar-refractivity contribution in [1.29, 1.82) is 0 Å². The number of aliphatic hydroxyl groups is 2. The van der Waals surface area contributed by atoms with E-state index in [1.165, 1.54) is 0 Å². The smallest absolute Gasteiger partial charge is 0.125 e. The number of aliphatic hydroxyl groups excluding tert-OH is 2. The second-order valence-corrected chi connectivity index (χ2v) is 3.48. The van der Waals surface area contributed by atoms with E-state index in [1.807, 2.05) is 0 Å². The highest BCUT2D eigenvalue weighted by Crippen LogP contribution is 2.25. The van der Waals surface area contributed by atoms with Gasteiger partial charge in [0.1, 0.15) is 18.5 Å². The quantitative estimate of drug-likeness (QED) is 0.691. The molecule has 0 aromatic heterocycles. The lowest BCUT2D eigenvalue weighted by molar-refractivity contribution is 0.0533. The molecule has 0 bridgehead atoms. The van der Waals surface area contributed by atoms with Crippen molar-refractivity contribution in [2.75, 3.05) is 13.2 Å². The van der Waals surface area contributed by atoms with Crippen LogP contribution in [0.15, 0.2) is 18.2 Å². The molecular weight excluding hydrogens is 218 g/mol. The van der Waals surface area contributed by atoms with Gasteiger partial charge in [-0.15, -0.1) is 0 Å². The van der Waals surface area contributed by atoms with E-state index in [4.69, 9.17) is 32.3 Å². The lowest BCUT2D eigenvalue weighted by Gasteiger charge is -2.13. The molecule has 0 aliphatic rings. The maximum Gasteiger partial charge on any atom is 0.125 e. The first-order valence-electron chi connectivity index (χ1n) is 4.58. The first kappa shape index (κ1) is 12.3. The molecule has 5 heteroatoms. The number of benzene rings is 1. The van der Waals surface area contributed by atoms with Gasteiger partial charge in [0.05, 0.1) is 6.61 Å². The molecule has 4 nitrogen and oxygen atoms in total. The van der Waals surface area contributed by atoms with E-state index < -0.39 is 6.10 Å². The van der Waals surface area contributed by atoms with Crippen LogP contribution in [0.25, 0.3) is 0 Å². The van der Waals surface area contributed by atoms with Crippen molar-refractivity contribution in [1.82, 2.24) is 0 Å². The predicted octanol–water partition coefficient (Wildman–Crippen LogP) is 0.531. The first-order chi connectivity index (χ1) is 7.19. The van der Waals surface area contributed by atoms with Gasteiger partial charge >= 0.3 is 0 Å². The van der Waals surface area contributed by atoms with Crippen LogP contribution in [0.5, 0.6) is 5.75 Å². The van der Waals surface area contributed by atoms with Crippen LogP contribution < -0.4 is 10.5 Å². The maximum atomic E-state index is 9.11. The number of ether oxygens (including phenoxy) is 1. The molecule has 0 saturated carbocycles. The Morgan fingerprint density at radius 2 is 2.20 bits per heavy atom. The summed E-state index contributed by atoms with van der Waals surface area (Å²) in [4.78, 5) is 0. The first-order valence-corrected chi connectivity index (χ1v) is 4.96. The summed E-state index contributed by atoms with van der Waals surface area (Å²) < 4.78 is 5.29. The van der Waals surface area contributed by atoms with Gasteiger partial charge in [-0.3, -0.25) is 0 Å².